The molecule has 296 valence electrons. The molecule has 0 saturated carbocycles. The number of nitrogens with zero attached hydrogens (tertiary/aromatic N) is 4. The molecule has 0 N–H and O–H groups in total. The number of imidazole rings is 1. The third-order valence-corrected chi connectivity index (χ3v) is 13.2. The second-order valence-corrected chi connectivity index (χ2v) is 16.5. The molecule has 5 heteroatoms. The van der Waals surface area contributed by atoms with Crippen molar-refractivity contribution in [3.05, 3.63) is 240 Å². The van der Waals surface area contributed by atoms with Crippen LogP contribution >= 0.6 is 0 Å². The molecular weight excluding hydrogens is 769 g/mol. The zero-order valence-corrected chi connectivity index (χ0v) is 34.4. The zero-order valence-electron chi connectivity index (χ0n) is 34.4. The fourth-order valence-corrected chi connectivity index (χ4v) is 10.7. The summed E-state index contributed by atoms with van der Waals surface area (Å²) in [6, 6.07) is 69.7. The Morgan fingerprint density at radius 3 is 1.89 bits per heavy atom. The van der Waals surface area contributed by atoms with Gasteiger partial charge in [0, 0.05) is 23.0 Å². The fraction of sp³-hybridized carbons (Fsp3) is 0.0345. The highest BCUT2D eigenvalue weighted by Crippen LogP contribution is 2.59. The number of hydrogen-bond acceptors (Lipinski definition) is 2. The lowest BCUT2D eigenvalue weighted by Gasteiger charge is -2.45. The summed E-state index contributed by atoms with van der Waals surface area (Å²) in [7, 11) is 2.10. The van der Waals surface area contributed by atoms with Crippen LogP contribution in [-0.2, 0) is 12.5 Å². The molecule has 11 aromatic rings. The quantitative estimate of drug-likeness (QED) is 0.128. The lowest BCUT2D eigenvalue weighted by atomic mass is 9.59. The van der Waals surface area contributed by atoms with Gasteiger partial charge >= 0.3 is 0 Å². The van der Waals surface area contributed by atoms with Crippen LogP contribution in [0.25, 0.3) is 78.8 Å². The molecule has 3 aromatic heterocycles. The second-order valence-electron chi connectivity index (χ2n) is 16.5. The molecule has 1 spiro atoms. The van der Waals surface area contributed by atoms with Crippen molar-refractivity contribution in [3.63, 3.8) is 0 Å². The summed E-state index contributed by atoms with van der Waals surface area (Å²) in [5.74, 6) is 2.34. The van der Waals surface area contributed by atoms with Crippen molar-refractivity contribution in [2.45, 2.75) is 5.41 Å². The maximum absolute atomic E-state index is 6.98. The molecule has 0 amide bonds. The largest absolute Gasteiger partial charge is 0.458 e. The van der Waals surface area contributed by atoms with Crippen LogP contribution in [0.15, 0.2) is 200 Å². The van der Waals surface area contributed by atoms with Gasteiger partial charge in [0.2, 0.25) is 6.33 Å². The Morgan fingerprint density at radius 1 is 0.540 bits per heavy atom. The van der Waals surface area contributed by atoms with Gasteiger partial charge in [-0.15, -0.1) is 0 Å². The lowest BCUT2D eigenvalue weighted by Crippen LogP contribution is -2.37. The summed E-state index contributed by atoms with van der Waals surface area (Å²) in [6.45, 7) is 0. The first-order chi connectivity index (χ1) is 31.2. The average Bonchev–Trinajstić information content (AvgIpc) is 3.81. The molecule has 2 aliphatic rings. The Bertz CT molecular complexity index is 3560. The van der Waals surface area contributed by atoms with Crippen molar-refractivity contribution >= 4 is 45.0 Å². The summed E-state index contributed by atoms with van der Waals surface area (Å²) in [5.41, 5.74) is 16.6. The molecule has 1 aliphatic heterocycles. The third kappa shape index (κ3) is 5.11. The Labute approximate surface area is 364 Å². The first kappa shape index (κ1) is 35.5. The van der Waals surface area contributed by atoms with Gasteiger partial charge in [-0.25, -0.2) is 4.98 Å². The van der Waals surface area contributed by atoms with Crippen LogP contribution in [0.2, 0.25) is 0 Å². The number of benzene rings is 8. The molecule has 5 nitrogen and oxygen atoms in total. The maximum Gasteiger partial charge on any atom is 0.244 e. The highest BCUT2D eigenvalue weighted by Gasteiger charge is 2.49. The van der Waals surface area contributed by atoms with Crippen molar-refractivity contribution < 1.29 is 9.30 Å². The number of aryl methyl sites for hydroxylation is 1. The molecule has 0 saturated heterocycles. The molecule has 0 fully saturated rings. The molecule has 1 aliphatic carbocycles. The van der Waals surface area contributed by atoms with Crippen LogP contribution in [0.3, 0.4) is 0 Å². The first-order valence-corrected chi connectivity index (χ1v) is 21.4. The van der Waals surface area contributed by atoms with Gasteiger partial charge in [-0.05, 0) is 98.1 Å². The number of fused-ring (bicyclic) bond motifs is 11. The molecule has 0 unspecified atom stereocenters. The van der Waals surface area contributed by atoms with Crippen molar-refractivity contribution in [2.24, 2.45) is 7.05 Å². The second kappa shape index (κ2) is 13.6. The van der Waals surface area contributed by atoms with E-state index in [1.165, 1.54) is 55.5 Å². The Balaban J connectivity index is 1.11. The van der Waals surface area contributed by atoms with Gasteiger partial charge in [-0.2, -0.15) is 0 Å². The van der Waals surface area contributed by atoms with Gasteiger partial charge < -0.3 is 13.9 Å². The Hall–Kier alpha value is -8.28. The van der Waals surface area contributed by atoms with E-state index >= 15 is 0 Å². The molecule has 13 rings (SSSR count). The molecule has 0 radical (unpaired) electrons. The lowest BCUT2D eigenvalue weighted by molar-refractivity contribution is -0.649. The summed E-state index contributed by atoms with van der Waals surface area (Å²) >= 11 is 0. The number of pyridine rings is 1. The SMILES string of the molecule is C[n+]1[c-]n2c3c(cccc31)C1(c3ccc(Oc4ccc5c6ccccc6n(-c6ccccn6)c5c4)cc3-2)c2c(cccc2-c2ccccc2)C=Cc2cccc(-c3ccccc3)c21. The zero-order chi connectivity index (χ0) is 41.6. The van der Waals surface area contributed by atoms with Crippen LogP contribution in [0.1, 0.15) is 33.4 Å². The standard InChI is InChI=1S/C58H38N4O/c1-60-37-61-53-36-43(63-42-30-32-47-46-21-8-9-25-50(46)62(52(47)35-42)54-27-10-11-34-59-54)31-33-48(53)58(49-24-14-26-51(60)57(49)61)55-40(19-12-22-44(55)38-15-4-2-5-16-38)28-29-41-20-13-23-45(56(41)58)39-17-6-3-7-18-39/h2-36H,1H3. The fourth-order valence-electron chi connectivity index (χ4n) is 10.7. The van der Waals surface area contributed by atoms with Crippen LogP contribution in [0, 0.1) is 6.33 Å². The number of rotatable bonds is 5. The maximum atomic E-state index is 6.98. The normalized spacial score (nSPS) is 13.2. The predicted octanol–water partition coefficient (Wildman–Crippen LogP) is 13.1. The van der Waals surface area contributed by atoms with Crippen molar-refractivity contribution in [2.75, 3.05) is 0 Å². The average molecular weight is 807 g/mol. The van der Waals surface area contributed by atoms with E-state index in [1.54, 1.807) is 0 Å². The van der Waals surface area contributed by atoms with E-state index in [4.69, 9.17) is 9.72 Å². The summed E-state index contributed by atoms with van der Waals surface area (Å²) in [4.78, 5) is 4.76. The minimum atomic E-state index is -0.780. The Kier molecular flexibility index (Phi) is 7.67. The van der Waals surface area contributed by atoms with E-state index in [-0.39, 0.29) is 0 Å². The van der Waals surface area contributed by atoms with E-state index in [2.05, 4.69) is 221 Å². The highest BCUT2D eigenvalue weighted by atomic mass is 16.5. The van der Waals surface area contributed by atoms with Crippen molar-refractivity contribution in [3.8, 4) is 45.3 Å². The number of para-hydroxylation sites is 2. The predicted molar refractivity (Wildman–Crippen MR) is 254 cm³/mol. The van der Waals surface area contributed by atoms with E-state index in [9.17, 15) is 0 Å². The van der Waals surface area contributed by atoms with E-state index in [1.807, 2.05) is 18.3 Å². The van der Waals surface area contributed by atoms with Gasteiger partial charge in [0.1, 0.15) is 17.3 Å². The highest BCUT2D eigenvalue weighted by molar-refractivity contribution is 6.09. The van der Waals surface area contributed by atoms with Gasteiger partial charge in [-0.3, -0.25) is 4.57 Å². The molecule has 4 heterocycles. The number of ether oxygens (including phenoxy) is 1. The molecule has 0 bridgehead atoms. The summed E-state index contributed by atoms with van der Waals surface area (Å²) in [6.07, 6.45) is 10.2. The summed E-state index contributed by atoms with van der Waals surface area (Å²) in [5, 5.41) is 2.32. The minimum Gasteiger partial charge on any atom is -0.458 e. The van der Waals surface area contributed by atoms with Gasteiger partial charge in [0.05, 0.1) is 40.2 Å². The van der Waals surface area contributed by atoms with Gasteiger partial charge in [0.15, 0.2) is 0 Å². The van der Waals surface area contributed by atoms with Crippen molar-refractivity contribution in [1.82, 2.24) is 14.1 Å². The molecule has 0 atom stereocenters. The number of hydrogen-bond donors (Lipinski definition) is 0. The number of aromatic nitrogens is 4. The molecule has 8 aromatic carbocycles. The van der Waals surface area contributed by atoms with E-state index in [0.717, 1.165) is 56.0 Å². The first-order valence-electron chi connectivity index (χ1n) is 21.4. The van der Waals surface area contributed by atoms with Crippen LogP contribution in [0.4, 0.5) is 0 Å². The van der Waals surface area contributed by atoms with Crippen LogP contribution < -0.4 is 9.30 Å². The molecular formula is C58H38N4O. The van der Waals surface area contributed by atoms with Crippen molar-refractivity contribution in [1.29, 1.82) is 0 Å². The van der Waals surface area contributed by atoms with E-state index < -0.39 is 5.41 Å². The minimum absolute atomic E-state index is 0.737. The summed E-state index contributed by atoms with van der Waals surface area (Å²) < 4.78 is 13.6. The smallest absolute Gasteiger partial charge is 0.244 e. The third-order valence-electron chi connectivity index (χ3n) is 13.2. The topological polar surface area (TPSA) is 35.9 Å². The van der Waals surface area contributed by atoms with Gasteiger partial charge in [0.25, 0.3) is 0 Å². The monoisotopic (exact) mass is 806 g/mol. The molecule has 63 heavy (non-hydrogen) atoms. The van der Waals surface area contributed by atoms with Crippen LogP contribution in [0.5, 0.6) is 11.5 Å². The van der Waals surface area contributed by atoms with Crippen LogP contribution in [-0.4, -0.2) is 14.1 Å². The van der Waals surface area contributed by atoms with Gasteiger partial charge in [-0.1, -0.05) is 158 Å². The van der Waals surface area contributed by atoms with E-state index in [0.29, 0.717) is 0 Å². The Morgan fingerprint density at radius 2 is 1.17 bits per heavy atom.